The first-order chi connectivity index (χ1) is 11.2. The van der Waals surface area contributed by atoms with Gasteiger partial charge in [-0.25, -0.2) is 4.99 Å². The maximum absolute atomic E-state index is 10.2. The van der Waals surface area contributed by atoms with Gasteiger partial charge in [-0.2, -0.15) is 0 Å². The van der Waals surface area contributed by atoms with Crippen LogP contribution in [0.2, 0.25) is 0 Å². The van der Waals surface area contributed by atoms with Crippen molar-refractivity contribution in [1.82, 2.24) is 15.6 Å². The average molecular weight is 312 g/mol. The van der Waals surface area contributed by atoms with E-state index in [4.69, 9.17) is 0 Å². The second-order valence-corrected chi connectivity index (χ2v) is 5.36. The van der Waals surface area contributed by atoms with Gasteiger partial charge in [0.25, 0.3) is 0 Å². The zero-order chi connectivity index (χ0) is 16.5. The lowest BCUT2D eigenvalue weighted by Crippen LogP contribution is -2.39. The van der Waals surface area contributed by atoms with E-state index in [-0.39, 0.29) is 0 Å². The molecule has 23 heavy (non-hydrogen) atoms. The van der Waals surface area contributed by atoms with Crippen LogP contribution in [0.1, 0.15) is 29.7 Å². The topological polar surface area (TPSA) is 69.5 Å². The van der Waals surface area contributed by atoms with Crippen LogP contribution < -0.4 is 10.6 Å². The molecular weight excluding hydrogens is 288 g/mol. The molecule has 3 N–H and O–H groups in total. The maximum atomic E-state index is 10.2. The molecule has 0 radical (unpaired) electrons. The Kier molecular flexibility index (Phi) is 6.56. The smallest absolute Gasteiger partial charge is 0.191 e. The molecule has 2 aromatic rings. The highest BCUT2D eigenvalue weighted by Gasteiger charge is 2.07. The van der Waals surface area contributed by atoms with Crippen molar-refractivity contribution in [1.29, 1.82) is 0 Å². The molecule has 5 nitrogen and oxygen atoms in total. The van der Waals surface area contributed by atoms with E-state index >= 15 is 0 Å². The highest BCUT2D eigenvalue weighted by Crippen LogP contribution is 2.09. The summed E-state index contributed by atoms with van der Waals surface area (Å²) in [5, 5.41) is 16.5. The molecule has 5 heteroatoms. The zero-order valence-corrected chi connectivity index (χ0v) is 13.7. The molecule has 1 aromatic heterocycles. The Morgan fingerprint density at radius 2 is 1.83 bits per heavy atom. The number of nitrogens with zero attached hydrogens (tertiary/aromatic N) is 2. The molecule has 0 amide bonds. The number of rotatable bonds is 6. The number of guanidine groups is 1. The summed E-state index contributed by atoms with van der Waals surface area (Å²) in [4.78, 5) is 8.50. The van der Waals surface area contributed by atoms with Gasteiger partial charge in [-0.1, -0.05) is 29.8 Å². The predicted octanol–water partition coefficient (Wildman–Crippen LogP) is 2.18. The van der Waals surface area contributed by atoms with E-state index in [2.05, 4.69) is 51.8 Å². The third-order valence-corrected chi connectivity index (χ3v) is 3.44. The summed E-state index contributed by atoms with van der Waals surface area (Å²) >= 11 is 0. The molecule has 0 spiro atoms. The van der Waals surface area contributed by atoms with Gasteiger partial charge in [-0.05, 0) is 37.1 Å². The van der Waals surface area contributed by atoms with Crippen molar-refractivity contribution in [2.75, 3.05) is 13.1 Å². The molecule has 1 aromatic carbocycles. The lowest BCUT2D eigenvalue weighted by atomic mass is 10.1. The summed E-state index contributed by atoms with van der Waals surface area (Å²) in [7, 11) is 0. The summed E-state index contributed by atoms with van der Waals surface area (Å²) < 4.78 is 0. The SMILES string of the molecule is CCNC(=NCc1ccc(C)cc1)NCC(O)c1ccncc1. The zero-order valence-electron chi connectivity index (χ0n) is 13.7. The fourth-order valence-corrected chi connectivity index (χ4v) is 2.10. The molecule has 122 valence electrons. The van der Waals surface area contributed by atoms with Gasteiger partial charge in [-0.3, -0.25) is 4.98 Å². The molecule has 1 atom stereocenters. The maximum Gasteiger partial charge on any atom is 0.191 e. The first-order valence-corrected chi connectivity index (χ1v) is 7.84. The van der Waals surface area contributed by atoms with Crippen LogP contribution in [0.4, 0.5) is 0 Å². The number of benzene rings is 1. The minimum atomic E-state index is -0.596. The van der Waals surface area contributed by atoms with E-state index in [0.717, 1.165) is 17.7 Å². The van der Waals surface area contributed by atoms with Crippen LogP contribution in [0, 0.1) is 6.92 Å². The fourth-order valence-electron chi connectivity index (χ4n) is 2.10. The number of pyridine rings is 1. The summed E-state index contributed by atoms with van der Waals surface area (Å²) in [6, 6.07) is 11.9. The Morgan fingerprint density at radius 3 is 2.48 bits per heavy atom. The number of aliphatic hydroxyl groups excluding tert-OH is 1. The Labute approximate surface area is 137 Å². The average Bonchev–Trinajstić information content (AvgIpc) is 2.59. The Hall–Kier alpha value is -2.40. The molecule has 0 saturated carbocycles. The van der Waals surface area contributed by atoms with Gasteiger partial charge < -0.3 is 15.7 Å². The van der Waals surface area contributed by atoms with E-state index in [1.54, 1.807) is 12.4 Å². The highest BCUT2D eigenvalue weighted by atomic mass is 16.3. The molecule has 2 rings (SSSR count). The van der Waals surface area contributed by atoms with Crippen LogP contribution in [0.3, 0.4) is 0 Å². The minimum Gasteiger partial charge on any atom is -0.387 e. The third kappa shape index (κ3) is 5.71. The quantitative estimate of drug-likeness (QED) is 0.565. The number of aliphatic hydroxyl groups is 1. The molecule has 1 unspecified atom stereocenters. The van der Waals surface area contributed by atoms with Crippen LogP contribution in [-0.4, -0.2) is 29.1 Å². The van der Waals surface area contributed by atoms with Crippen LogP contribution >= 0.6 is 0 Å². The molecule has 0 aliphatic heterocycles. The van der Waals surface area contributed by atoms with Crippen molar-refractivity contribution >= 4 is 5.96 Å². The van der Waals surface area contributed by atoms with E-state index in [9.17, 15) is 5.11 Å². The number of aromatic nitrogens is 1. The molecule has 0 saturated heterocycles. The molecule has 0 fully saturated rings. The number of nitrogens with one attached hydrogen (secondary N) is 2. The van der Waals surface area contributed by atoms with E-state index in [0.29, 0.717) is 19.0 Å². The molecular formula is C18H24N4O. The summed E-state index contributed by atoms with van der Waals surface area (Å²) in [5.74, 6) is 0.696. The fraction of sp³-hybridized carbons (Fsp3) is 0.333. The Morgan fingerprint density at radius 1 is 1.13 bits per heavy atom. The van der Waals surface area contributed by atoms with Crippen molar-refractivity contribution in [2.45, 2.75) is 26.5 Å². The molecule has 0 bridgehead atoms. The van der Waals surface area contributed by atoms with Crippen LogP contribution in [0.25, 0.3) is 0 Å². The Balaban J connectivity index is 1.92. The van der Waals surface area contributed by atoms with E-state index in [1.807, 2.05) is 19.1 Å². The number of hydrogen-bond acceptors (Lipinski definition) is 3. The van der Waals surface area contributed by atoms with Crippen LogP contribution in [0.15, 0.2) is 53.8 Å². The first kappa shape index (κ1) is 17.0. The number of aryl methyl sites for hydroxylation is 1. The van der Waals surface area contributed by atoms with Crippen molar-refractivity contribution in [3.8, 4) is 0 Å². The molecule has 1 heterocycles. The second-order valence-electron chi connectivity index (χ2n) is 5.36. The van der Waals surface area contributed by atoms with E-state index < -0.39 is 6.10 Å². The lowest BCUT2D eigenvalue weighted by molar-refractivity contribution is 0.180. The van der Waals surface area contributed by atoms with Gasteiger partial charge in [0.05, 0.1) is 12.6 Å². The summed E-state index contributed by atoms with van der Waals surface area (Å²) in [6.45, 7) is 5.84. The first-order valence-electron chi connectivity index (χ1n) is 7.84. The minimum absolute atomic E-state index is 0.393. The number of aliphatic imine (C=N–C) groups is 1. The largest absolute Gasteiger partial charge is 0.387 e. The predicted molar refractivity (Wildman–Crippen MR) is 93.2 cm³/mol. The van der Waals surface area contributed by atoms with Crippen molar-refractivity contribution in [2.24, 2.45) is 4.99 Å². The van der Waals surface area contributed by atoms with Crippen molar-refractivity contribution < 1.29 is 5.11 Å². The second kappa shape index (κ2) is 8.90. The van der Waals surface area contributed by atoms with Gasteiger partial charge in [0.1, 0.15) is 0 Å². The van der Waals surface area contributed by atoms with Crippen LogP contribution in [-0.2, 0) is 6.54 Å². The third-order valence-electron chi connectivity index (χ3n) is 3.44. The lowest BCUT2D eigenvalue weighted by Gasteiger charge is -2.15. The Bertz CT molecular complexity index is 611. The summed E-state index contributed by atoms with van der Waals surface area (Å²) in [5.41, 5.74) is 3.23. The number of hydrogen-bond donors (Lipinski definition) is 3. The molecule has 0 aliphatic carbocycles. The highest BCUT2D eigenvalue weighted by molar-refractivity contribution is 5.79. The summed E-state index contributed by atoms with van der Waals surface area (Å²) in [6.07, 6.45) is 2.76. The standard InChI is InChI=1S/C18H24N4O/c1-3-20-18(21-12-15-6-4-14(2)5-7-15)22-13-17(23)16-8-10-19-11-9-16/h4-11,17,23H,3,12-13H2,1-2H3,(H2,20,21,22). The molecule has 0 aliphatic rings. The van der Waals surface area contributed by atoms with Gasteiger partial charge in [0.2, 0.25) is 0 Å². The van der Waals surface area contributed by atoms with Crippen LogP contribution in [0.5, 0.6) is 0 Å². The van der Waals surface area contributed by atoms with E-state index in [1.165, 1.54) is 5.56 Å². The van der Waals surface area contributed by atoms with Gasteiger partial charge in [0, 0.05) is 25.5 Å². The van der Waals surface area contributed by atoms with Crippen molar-refractivity contribution in [3.05, 3.63) is 65.5 Å². The van der Waals surface area contributed by atoms with Gasteiger partial charge in [-0.15, -0.1) is 0 Å². The van der Waals surface area contributed by atoms with Crippen molar-refractivity contribution in [3.63, 3.8) is 0 Å². The normalized spacial score (nSPS) is 12.7. The van der Waals surface area contributed by atoms with Gasteiger partial charge in [0.15, 0.2) is 5.96 Å². The van der Waals surface area contributed by atoms with Gasteiger partial charge >= 0.3 is 0 Å². The monoisotopic (exact) mass is 312 g/mol.